The first-order valence-corrected chi connectivity index (χ1v) is 16.9. The SMILES string of the molecule is CCOC(=O)N1CCN(C(=O)[C@H](CCC(=O)OC(C)(C)C)NC(=O)c2cc(OCC(=O)OCc3ccccc3)n(-c3ccc(C(F)(F)F)cc3)n2)CC1. The van der Waals surface area contributed by atoms with Crippen LogP contribution in [0.2, 0.25) is 0 Å². The Balaban J connectivity index is 1.55. The standard InChI is InChI=1S/C36H42F3N5O9/c1-5-50-34(49)43-19-17-42(18-20-43)33(48)27(15-16-30(45)53-35(2,3)4)40-32(47)28-21-29(51-23-31(46)52-22-24-9-7-6-8-10-24)44(41-28)26-13-11-25(12-14-26)36(37,38)39/h6-14,21,27H,5,15-20,22-23H2,1-4H3,(H,40,47)/t27-/m0/s1. The van der Waals surface area contributed by atoms with Crippen molar-refractivity contribution in [1.29, 1.82) is 0 Å². The first-order chi connectivity index (χ1) is 25.0. The van der Waals surface area contributed by atoms with Gasteiger partial charge in [0.2, 0.25) is 11.8 Å². The summed E-state index contributed by atoms with van der Waals surface area (Å²) in [5.41, 5.74) is -1.22. The number of hydrogen-bond donors (Lipinski definition) is 1. The van der Waals surface area contributed by atoms with Crippen LogP contribution >= 0.6 is 0 Å². The Kier molecular flexibility index (Phi) is 13.4. The first-order valence-electron chi connectivity index (χ1n) is 16.9. The van der Waals surface area contributed by atoms with Crippen LogP contribution in [0.1, 0.15) is 62.2 Å². The van der Waals surface area contributed by atoms with Crippen molar-refractivity contribution >= 4 is 29.8 Å². The van der Waals surface area contributed by atoms with Gasteiger partial charge >= 0.3 is 24.2 Å². The summed E-state index contributed by atoms with van der Waals surface area (Å²) in [6.07, 6.45) is -5.49. The summed E-state index contributed by atoms with van der Waals surface area (Å²) in [4.78, 5) is 67.6. The van der Waals surface area contributed by atoms with Gasteiger partial charge in [0.1, 0.15) is 18.2 Å². The molecule has 1 atom stereocenters. The van der Waals surface area contributed by atoms with Crippen molar-refractivity contribution in [2.24, 2.45) is 0 Å². The van der Waals surface area contributed by atoms with Crippen LogP contribution in [0.3, 0.4) is 0 Å². The van der Waals surface area contributed by atoms with E-state index in [1.54, 1.807) is 58.0 Å². The number of alkyl halides is 3. The molecule has 0 unspecified atom stereocenters. The number of esters is 2. The lowest BCUT2D eigenvalue weighted by molar-refractivity contribution is -0.155. The number of rotatable bonds is 13. The largest absolute Gasteiger partial charge is 0.466 e. The Morgan fingerprint density at radius 2 is 1.51 bits per heavy atom. The molecule has 53 heavy (non-hydrogen) atoms. The highest BCUT2D eigenvalue weighted by molar-refractivity contribution is 5.96. The van der Waals surface area contributed by atoms with E-state index in [1.807, 2.05) is 0 Å². The zero-order chi connectivity index (χ0) is 38.8. The normalized spacial score (nSPS) is 13.9. The maximum absolute atomic E-state index is 13.7. The lowest BCUT2D eigenvalue weighted by atomic mass is 10.1. The summed E-state index contributed by atoms with van der Waals surface area (Å²) < 4.78 is 62.2. The monoisotopic (exact) mass is 745 g/mol. The molecule has 286 valence electrons. The number of nitrogens with one attached hydrogen (secondary N) is 1. The molecule has 1 aromatic heterocycles. The van der Waals surface area contributed by atoms with Gasteiger partial charge in [0.05, 0.1) is 17.9 Å². The number of benzene rings is 2. The van der Waals surface area contributed by atoms with E-state index in [1.165, 1.54) is 9.80 Å². The molecular weight excluding hydrogens is 703 g/mol. The third-order valence-electron chi connectivity index (χ3n) is 7.71. The maximum Gasteiger partial charge on any atom is 0.416 e. The quantitative estimate of drug-likeness (QED) is 0.195. The lowest BCUT2D eigenvalue weighted by Crippen LogP contribution is -2.56. The molecule has 3 aromatic rings. The number of ether oxygens (including phenoxy) is 4. The molecule has 0 bridgehead atoms. The first kappa shape index (κ1) is 40.2. The van der Waals surface area contributed by atoms with E-state index in [2.05, 4.69) is 10.4 Å². The van der Waals surface area contributed by atoms with Crippen LogP contribution in [-0.4, -0.2) is 100 Å². The van der Waals surface area contributed by atoms with Gasteiger partial charge in [-0.3, -0.25) is 14.4 Å². The Morgan fingerprint density at radius 1 is 0.868 bits per heavy atom. The van der Waals surface area contributed by atoms with E-state index in [0.29, 0.717) is 0 Å². The van der Waals surface area contributed by atoms with Crippen LogP contribution in [-0.2, 0) is 41.4 Å². The summed E-state index contributed by atoms with van der Waals surface area (Å²) in [5.74, 6) is -2.95. The highest BCUT2D eigenvalue weighted by Gasteiger charge is 2.33. The second kappa shape index (κ2) is 17.7. The highest BCUT2D eigenvalue weighted by atomic mass is 19.4. The predicted octanol–water partition coefficient (Wildman–Crippen LogP) is 4.53. The molecule has 3 amide bonds. The molecular formula is C36H42F3N5O9. The topological polar surface area (TPSA) is 159 Å². The van der Waals surface area contributed by atoms with Gasteiger partial charge < -0.3 is 34.1 Å². The second-order valence-corrected chi connectivity index (χ2v) is 12.9. The fraction of sp³-hybridized carbons (Fsp3) is 0.444. The molecule has 17 heteroatoms. The van der Waals surface area contributed by atoms with Gasteiger partial charge in [-0.2, -0.15) is 18.3 Å². The van der Waals surface area contributed by atoms with Gasteiger partial charge in [0.15, 0.2) is 12.3 Å². The minimum Gasteiger partial charge on any atom is -0.466 e. The van der Waals surface area contributed by atoms with E-state index in [-0.39, 0.29) is 69.5 Å². The van der Waals surface area contributed by atoms with Crippen molar-refractivity contribution in [2.75, 3.05) is 39.4 Å². The molecule has 2 heterocycles. The summed E-state index contributed by atoms with van der Waals surface area (Å²) in [6, 6.07) is 12.7. The molecule has 1 aliphatic heterocycles. The summed E-state index contributed by atoms with van der Waals surface area (Å²) in [5, 5.41) is 6.84. The molecule has 1 aliphatic rings. The molecule has 1 N–H and O–H groups in total. The number of piperazine rings is 1. The summed E-state index contributed by atoms with van der Waals surface area (Å²) in [6.45, 7) is 6.91. The Morgan fingerprint density at radius 3 is 2.11 bits per heavy atom. The molecule has 1 saturated heterocycles. The third kappa shape index (κ3) is 12.0. The number of amides is 3. The minimum absolute atomic E-state index is 0.0363. The number of aromatic nitrogens is 2. The van der Waals surface area contributed by atoms with Gasteiger partial charge in [-0.25, -0.2) is 14.3 Å². The van der Waals surface area contributed by atoms with E-state index in [9.17, 15) is 37.1 Å². The van der Waals surface area contributed by atoms with Crippen molar-refractivity contribution in [3.63, 3.8) is 0 Å². The van der Waals surface area contributed by atoms with E-state index < -0.39 is 59.8 Å². The fourth-order valence-electron chi connectivity index (χ4n) is 5.16. The number of carbonyl (C=O) groups excluding carboxylic acids is 5. The number of carbonyl (C=O) groups is 5. The van der Waals surface area contributed by atoms with Crippen LogP contribution in [0.5, 0.6) is 5.88 Å². The zero-order valence-corrected chi connectivity index (χ0v) is 29.8. The average molecular weight is 746 g/mol. The Labute approximate surface area is 304 Å². The van der Waals surface area contributed by atoms with Gasteiger partial charge in [0.25, 0.3) is 5.91 Å². The van der Waals surface area contributed by atoms with Crippen LogP contribution in [0.25, 0.3) is 5.69 Å². The van der Waals surface area contributed by atoms with Crippen molar-refractivity contribution in [3.05, 3.63) is 77.5 Å². The smallest absolute Gasteiger partial charge is 0.416 e. The Hall–Kier alpha value is -5.61. The molecule has 1 fully saturated rings. The molecule has 2 aromatic carbocycles. The number of nitrogens with zero attached hydrogens (tertiary/aromatic N) is 4. The van der Waals surface area contributed by atoms with Gasteiger partial charge in [-0.15, -0.1) is 0 Å². The molecule has 0 radical (unpaired) electrons. The van der Waals surface area contributed by atoms with E-state index in [4.69, 9.17) is 18.9 Å². The highest BCUT2D eigenvalue weighted by Crippen LogP contribution is 2.30. The zero-order valence-electron chi connectivity index (χ0n) is 29.8. The summed E-state index contributed by atoms with van der Waals surface area (Å²) in [7, 11) is 0. The fourth-order valence-corrected chi connectivity index (χ4v) is 5.16. The molecule has 14 nitrogen and oxygen atoms in total. The van der Waals surface area contributed by atoms with Gasteiger partial charge in [0, 0.05) is 38.7 Å². The summed E-state index contributed by atoms with van der Waals surface area (Å²) >= 11 is 0. The predicted molar refractivity (Wildman–Crippen MR) is 182 cm³/mol. The van der Waals surface area contributed by atoms with E-state index in [0.717, 1.165) is 40.6 Å². The lowest BCUT2D eigenvalue weighted by Gasteiger charge is -2.36. The van der Waals surface area contributed by atoms with Crippen molar-refractivity contribution in [3.8, 4) is 11.6 Å². The molecule has 4 rings (SSSR count). The maximum atomic E-state index is 13.7. The average Bonchev–Trinajstić information content (AvgIpc) is 3.55. The van der Waals surface area contributed by atoms with E-state index >= 15 is 0 Å². The number of hydrogen-bond acceptors (Lipinski definition) is 10. The third-order valence-corrected chi connectivity index (χ3v) is 7.71. The van der Waals surface area contributed by atoms with Crippen molar-refractivity contribution in [2.45, 2.75) is 65.0 Å². The minimum atomic E-state index is -4.61. The van der Waals surface area contributed by atoms with Crippen LogP contribution in [0.15, 0.2) is 60.7 Å². The molecule has 0 saturated carbocycles. The van der Waals surface area contributed by atoms with Gasteiger partial charge in [-0.1, -0.05) is 30.3 Å². The molecule has 0 aliphatic carbocycles. The van der Waals surface area contributed by atoms with Crippen LogP contribution in [0.4, 0.5) is 18.0 Å². The number of halogens is 3. The van der Waals surface area contributed by atoms with Crippen molar-refractivity contribution in [1.82, 2.24) is 24.9 Å². The van der Waals surface area contributed by atoms with Crippen LogP contribution < -0.4 is 10.1 Å². The Bertz CT molecular complexity index is 1730. The van der Waals surface area contributed by atoms with Crippen molar-refractivity contribution < 1.29 is 56.1 Å². The van der Waals surface area contributed by atoms with Gasteiger partial charge in [-0.05, 0) is 63.9 Å². The second-order valence-electron chi connectivity index (χ2n) is 12.9. The molecule has 0 spiro atoms. The van der Waals surface area contributed by atoms with Crippen LogP contribution in [0, 0.1) is 0 Å².